The van der Waals surface area contributed by atoms with Crippen LogP contribution in [0.25, 0.3) is 0 Å². The predicted octanol–water partition coefficient (Wildman–Crippen LogP) is 4.20. The Kier molecular flexibility index (Phi) is 12.1. The Morgan fingerprint density at radius 3 is 2.15 bits per heavy atom. The molecule has 1 aromatic rings. The lowest BCUT2D eigenvalue weighted by molar-refractivity contribution is -0.139. The highest BCUT2D eigenvalue weighted by Crippen LogP contribution is 2.24. The van der Waals surface area contributed by atoms with E-state index in [4.69, 9.17) is 4.74 Å². The van der Waals surface area contributed by atoms with Crippen molar-refractivity contribution < 1.29 is 19.1 Å². The molecule has 6 heteroatoms. The molecule has 0 saturated carbocycles. The number of ketones is 1. The summed E-state index contributed by atoms with van der Waals surface area (Å²) in [6.45, 7) is 11.1. The van der Waals surface area contributed by atoms with Gasteiger partial charge in [-0.25, -0.2) is 4.79 Å². The molecule has 1 amide bonds. The molecule has 1 N–H and O–H groups in total. The van der Waals surface area contributed by atoms with Crippen LogP contribution >= 0.6 is 11.8 Å². The molecule has 0 spiro atoms. The molecule has 0 fully saturated rings. The molecule has 1 aromatic carbocycles. The first-order valence-corrected chi connectivity index (χ1v) is 9.75. The Morgan fingerprint density at radius 1 is 1.12 bits per heavy atom. The first kappa shape index (κ1) is 23.9. The number of benzene rings is 1. The van der Waals surface area contributed by atoms with Crippen molar-refractivity contribution in [2.24, 2.45) is 5.92 Å². The fraction of sp³-hybridized carbons (Fsp3) is 0.450. The molecule has 0 unspecified atom stereocenters. The van der Waals surface area contributed by atoms with E-state index < -0.39 is 5.97 Å². The average Bonchev–Trinajstić information content (AvgIpc) is 2.62. The van der Waals surface area contributed by atoms with Crippen molar-refractivity contribution in [2.45, 2.75) is 41.5 Å². The fourth-order valence-electron chi connectivity index (χ4n) is 1.92. The van der Waals surface area contributed by atoms with Gasteiger partial charge in [0.2, 0.25) is 0 Å². The summed E-state index contributed by atoms with van der Waals surface area (Å²) in [5.41, 5.74) is 0.845. The van der Waals surface area contributed by atoms with E-state index >= 15 is 0 Å². The van der Waals surface area contributed by atoms with Crippen LogP contribution in [0.4, 0.5) is 0 Å². The van der Waals surface area contributed by atoms with E-state index in [2.05, 4.69) is 5.32 Å². The van der Waals surface area contributed by atoms with E-state index in [1.807, 2.05) is 33.8 Å². The number of rotatable bonds is 8. The molecule has 0 atom stereocenters. The van der Waals surface area contributed by atoms with Crippen LogP contribution in [-0.4, -0.2) is 30.0 Å². The largest absolute Gasteiger partial charge is 0.463 e. The first-order valence-electron chi connectivity index (χ1n) is 8.76. The number of carbonyl (C=O) groups is 3. The number of ether oxygens (including phenoxy) is 1. The second-order valence-electron chi connectivity index (χ2n) is 5.43. The van der Waals surface area contributed by atoms with E-state index in [-0.39, 0.29) is 30.0 Å². The van der Waals surface area contributed by atoms with E-state index in [0.29, 0.717) is 16.2 Å². The van der Waals surface area contributed by atoms with Crippen LogP contribution in [-0.2, 0) is 14.3 Å². The Balaban J connectivity index is 0.00000301. The second kappa shape index (κ2) is 13.2. The van der Waals surface area contributed by atoms with E-state index in [1.165, 1.54) is 6.92 Å². The predicted molar refractivity (Wildman–Crippen MR) is 107 cm³/mol. The summed E-state index contributed by atoms with van der Waals surface area (Å²) < 4.78 is 5.09. The number of esters is 1. The van der Waals surface area contributed by atoms with Crippen molar-refractivity contribution in [1.82, 2.24) is 5.32 Å². The Bertz CT molecular complexity index is 624. The van der Waals surface area contributed by atoms with Gasteiger partial charge in [0, 0.05) is 5.56 Å². The van der Waals surface area contributed by atoms with E-state index in [1.54, 1.807) is 31.2 Å². The third-order valence-corrected chi connectivity index (χ3v) is 4.16. The Morgan fingerprint density at radius 2 is 1.69 bits per heavy atom. The molecule has 0 aliphatic carbocycles. The van der Waals surface area contributed by atoms with Gasteiger partial charge in [0.25, 0.3) is 5.91 Å². The van der Waals surface area contributed by atoms with E-state index in [9.17, 15) is 14.4 Å². The molecule has 144 valence electrons. The van der Waals surface area contributed by atoms with Crippen molar-refractivity contribution in [3.63, 3.8) is 0 Å². The van der Waals surface area contributed by atoms with Crippen molar-refractivity contribution in [3.8, 4) is 0 Å². The quantitative estimate of drug-likeness (QED) is 0.541. The average molecular weight is 380 g/mol. The third-order valence-electron chi connectivity index (χ3n) is 3.00. The fourth-order valence-corrected chi connectivity index (χ4v) is 2.91. The highest BCUT2D eigenvalue weighted by molar-refractivity contribution is 8.03. The van der Waals surface area contributed by atoms with Crippen molar-refractivity contribution >= 4 is 29.4 Å². The van der Waals surface area contributed by atoms with Crippen LogP contribution in [0.1, 0.15) is 51.9 Å². The second-order valence-corrected chi connectivity index (χ2v) is 6.41. The van der Waals surface area contributed by atoms with Gasteiger partial charge in [-0.1, -0.05) is 57.7 Å². The molecule has 26 heavy (non-hydrogen) atoms. The SMILES string of the molecule is CC.CCOC(=O)/C(=C(\NC(=O)c1ccccc1)SCC(C)=O)C(C)C. The zero-order valence-corrected chi connectivity index (χ0v) is 17.2. The molecule has 0 aliphatic heterocycles. The summed E-state index contributed by atoms with van der Waals surface area (Å²) in [4.78, 5) is 36.0. The van der Waals surface area contributed by atoms with Gasteiger partial charge >= 0.3 is 5.97 Å². The monoisotopic (exact) mass is 379 g/mol. The normalized spacial score (nSPS) is 11.0. The third kappa shape index (κ3) is 8.34. The highest BCUT2D eigenvalue weighted by Gasteiger charge is 2.23. The Hall–Kier alpha value is -2.08. The van der Waals surface area contributed by atoms with Gasteiger partial charge in [0.15, 0.2) is 0 Å². The number of thioether (sulfide) groups is 1. The van der Waals surface area contributed by atoms with Crippen molar-refractivity contribution in [1.29, 1.82) is 0 Å². The zero-order chi connectivity index (χ0) is 20.1. The van der Waals surface area contributed by atoms with Crippen molar-refractivity contribution in [3.05, 3.63) is 46.5 Å². The number of hydrogen-bond donors (Lipinski definition) is 1. The van der Waals surface area contributed by atoms with E-state index in [0.717, 1.165) is 11.8 Å². The summed E-state index contributed by atoms with van der Waals surface area (Å²) in [6, 6.07) is 8.70. The summed E-state index contributed by atoms with van der Waals surface area (Å²) in [6.07, 6.45) is 0. The minimum absolute atomic E-state index is 0.0431. The number of carbonyl (C=O) groups excluding carboxylic acids is 3. The van der Waals surface area contributed by atoms with Crippen LogP contribution in [0, 0.1) is 5.92 Å². The highest BCUT2D eigenvalue weighted by atomic mass is 32.2. The summed E-state index contributed by atoms with van der Waals surface area (Å²) >= 11 is 1.14. The molecule has 0 aromatic heterocycles. The standard InChI is InChI=1S/C18H23NO4S.C2H6/c1-5-23-18(22)15(12(2)3)17(24-11-13(4)20)19-16(21)14-9-7-6-8-10-14;1-2/h6-10,12H,5,11H2,1-4H3,(H,19,21);1-2H3/b17-15+;. The van der Waals surface area contributed by atoms with Gasteiger partial charge in [-0.05, 0) is 31.9 Å². The van der Waals surface area contributed by atoms with Gasteiger partial charge in [-0.3, -0.25) is 9.59 Å². The zero-order valence-electron chi connectivity index (χ0n) is 16.4. The number of amides is 1. The molecule has 5 nitrogen and oxygen atoms in total. The number of nitrogens with one attached hydrogen (secondary N) is 1. The lowest BCUT2D eigenvalue weighted by Gasteiger charge is -2.17. The first-order chi connectivity index (χ1) is 12.4. The molecule has 0 radical (unpaired) electrons. The van der Waals surface area contributed by atoms with Gasteiger partial charge in [0.05, 0.1) is 23.0 Å². The topological polar surface area (TPSA) is 72.5 Å². The van der Waals surface area contributed by atoms with Crippen LogP contribution in [0.3, 0.4) is 0 Å². The van der Waals surface area contributed by atoms with Gasteiger partial charge in [-0.2, -0.15) is 0 Å². The molecule has 0 saturated heterocycles. The summed E-state index contributed by atoms with van der Waals surface area (Å²) in [5.74, 6) is -0.843. The maximum Gasteiger partial charge on any atom is 0.336 e. The lowest BCUT2D eigenvalue weighted by atomic mass is 10.0. The minimum Gasteiger partial charge on any atom is -0.463 e. The molecule has 0 aliphatic rings. The molecular formula is C20H29NO4S. The van der Waals surface area contributed by atoms with Crippen LogP contribution < -0.4 is 5.32 Å². The molecule has 1 rings (SSSR count). The maximum absolute atomic E-state index is 12.4. The summed E-state index contributed by atoms with van der Waals surface area (Å²) in [7, 11) is 0. The number of Topliss-reactive ketones (excluding diaryl/α,β-unsaturated/α-hetero) is 1. The minimum atomic E-state index is -0.480. The van der Waals surface area contributed by atoms with Crippen molar-refractivity contribution in [2.75, 3.05) is 12.4 Å². The molecule has 0 bridgehead atoms. The molecular weight excluding hydrogens is 350 g/mol. The van der Waals surface area contributed by atoms with Crippen LogP contribution in [0.5, 0.6) is 0 Å². The maximum atomic E-state index is 12.4. The Labute approximate surface area is 160 Å². The van der Waals surface area contributed by atoms with Crippen LogP contribution in [0.15, 0.2) is 40.9 Å². The van der Waals surface area contributed by atoms with Gasteiger partial charge < -0.3 is 10.1 Å². The van der Waals surface area contributed by atoms with Gasteiger partial charge in [0.1, 0.15) is 5.78 Å². The summed E-state index contributed by atoms with van der Waals surface area (Å²) in [5, 5.41) is 3.13. The molecule has 0 heterocycles. The smallest absolute Gasteiger partial charge is 0.336 e. The number of hydrogen-bond acceptors (Lipinski definition) is 5. The lowest BCUT2D eigenvalue weighted by Crippen LogP contribution is -2.27. The van der Waals surface area contributed by atoms with Gasteiger partial charge in [-0.15, -0.1) is 0 Å². The van der Waals surface area contributed by atoms with Crippen LogP contribution in [0.2, 0.25) is 0 Å².